The molecule has 0 unspecified atom stereocenters. The molecular formula is C12H23ClO2S. The van der Waals surface area contributed by atoms with Crippen molar-refractivity contribution in [2.75, 3.05) is 11.6 Å². The Morgan fingerprint density at radius 2 is 1.56 bits per heavy atom. The van der Waals surface area contributed by atoms with Gasteiger partial charge in [0.15, 0.2) is 9.84 Å². The van der Waals surface area contributed by atoms with Gasteiger partial charge in [0.25, 0.3) is 0 Å². The van der Waals surface area contributed by atoms with Gasteiger partial charge in [-0.15, -0.1) is 11.6 Å². The van der Waals surface area contributed by atoms with Crippen molar-refractivity contribution in [1.82, 2.24) is 0 Å². The van der Waals surface area contributed by atoms with Gasteiger partial charge < -0.3 is 0 Å². The van der Waals surface area contributed by atoms with Crippen molar-refractivity contribution < 1.29 is 8.42 Å². The van der Waals surface area contributed by atoms with E-state index in [9.17, 15) is 8.42 Å². The van der Waals surface area contributed by atoms with Crippen LogP contribution >= 0.6 is 11.6 Å². The van der Waals surface area contributed by atoms with Crippen LogP contribution in [0.4, 0.5) is 0 Å². The molecule has 0 N–H and O–H groups in total. The topological polar surface area (TPSA) is 34.1 Å². The van der Waals surface area contributed by atoms with Crippen LogP contribution in [0.5, 0.6) is 0 Å². The van der Waals surface area contributed by atoms with Crippen LogP contribution in [0.1, 0.15) is 57.8 Å². The van der Waals surface area contributed by atoms with Crippen molar-refractivity contribution >= 4 is 21.4 Å². The molecule has 2 nitrogen and oxygen atoms in total. The molecule has 0 atom stereocenters. The van der Waals surface area contributed by atoms with Gasteiger partial charge in [0.05, 0.1) is 11.0 Å². The van der Waals surface area contributed by atoms with Crippen molar-refractivity contribution in [3.05, 3.63) is 0 Å². The molecule has 1 fully saturated rings. The Bertz CT molecular complexity index is 269. The fraction of sp³-hybridized carbons (Fsp3) is 1.00. The third kappa shape index (κ3) is 5.05. The summed E-state index contributed by atoms with van der Waals surface area (Å²) in [6.07, 6.45) is 9.06. The second kappa shape index (κ2) is 7.54. The summed E-state index contributed by atoms with van der Waals surface area (Å²) in [5, 5.41) is -0.0331. The summed E-state index contributed by atoms with van der Waals surface area (Å²) in [6.45, 7) is 0. The minimum absolute atomic E-state index is 0.0331. The van der Waals surface area contributed by atoms with Gasteiger partial charge >= 0.3 is 0 Å². The molecule has 0 aliphatic heterocycles. The summed E-state index contributed by atoms with van der Waals surface area (Å²) in [6, 6.07) is 0. The monoisotopic (exact) mass is 266 g/mol. The van der Waals surface area contributed by atoms with Gasteiger partial charge in [-0.05, 0) is 25.7 Å². The van der Waals surface area contributed by atoms with Gasteiger partial charge in [-0.2, -0.15) is 0 Å². The smallest absolute Gasteiger partial charge is 0.153 e. The predicted molar refractivity (Wildman–Crippen MR) is 69.8 cm³/mol. The standard InChI is InChI=1S/C12H23ClO2S/c13-10-6-1-2-7-11-16(14,15)12-8-4-3-5-9-12/h12H,1-11H2. The van der Waals surface area contributed by atoms with Crippen LogP contribution in [-0.4, -0.2) is 25.3 Å². The molecule has 4 heteroatoms. The molecule has 1 saturated carbocycles. The minimum atomic E-state index is -2.80. The van der Waals surface area contributed by atoms with Crippen LogP contribution < -0.4 is 0 Å². The average molecular weight is 267 g/mol. The number of alkyl halides is 1. The Kier molecular flexibility index (Phi) is 6.74. The van der Waals surface area contributed by atoms with Crippen LogP contribution in [0.25, 0.3) is 0 Å². The highest BCUT2D eigenvalue weighted by Gasteiger charge is 2.26. The molecule has 1 aliphatic carbocycles. The highest BCUT2D eigenvalue weighted by Crippen LogP contribution is 2.24. The van der Waals surface area contributed by atoms with E-state index >= 15 is 0 Å². The lowest BCUT2D eigenvalue weighted by atomic mass is 10.0. The van der Waals surface area contributed by atoms with Gasteiger partial charge in [-0.1, -0.05) is 32.1 Å². The van der Waals surface area contributed by atoms with E-state index in [1.54, 1.807) is 0 Å². The number of hydrogen-bond donors (Lipinski definition) is 0. The maximum absolute atomic E-state index is 12.0. The highest BCUT2D eigenvalue weighted by atomic mass is 35.5. The van der Waals surface area contributed by atoms with Crippen LogP contribution in [0.15, 0.2) is 0 Å². The Labute approximate surface area is 105 Å². The number of sulfone groups is 1. The Balaban J connectivity index is 2.22. The molecule has 1 aliphatic rings. The van der Waals surface area contributed by atoms with Crippen LogP contribution in [0.2, 0.25) is 0 Å². The second-order valence-electron chi connectivity index (χ2n) is 4.73. The van der Waals surface area contributed by atoms with Gasteiger partial charge in [0.1, 0.15) is 0 Å². The quantitative estimate of drug-likeness (QED) is 0.522. The zero-order chi connectivity index (χ0) is 11.9. The molecule has 0 radical (unpaired) electrons. The lowest BCUT2D eigenvalue weighted by Crippen LogP contribution is -2.26. The molecule has 96 valence electrons. The van der Waals surface area contributed by atoms with E-state index in [1.165, 1.54) is 6.42 Å². The van der Waals surface area contributed by atoms with E-state index < -0.39 is 9.84 Å². The minimum Gasteiger partial charge on any atom is -0.229 e. The SMILES string of the molecule is O=S(=O)(CCCCCCCl)C1CCCCC1. The second-order valence-corrected chi connectivity index (χ2v) is 7.51. The Morgan fingerprint density at radius 3 is 2.19 bits per heavy atom. The number of hydrogen-bond acceptors (Lipinski definition) is 2. The van der Waals surface area contributed by atoms with E-state index in [-0.39, 0.29) is 5.25 Å². The first-order valence-corrected chi connectivity index (χ1v) is 8.69. The third-order valence-corrected chi connectivity index (χ3v) is 5.98. The fourth-order valence-electron chi connectivity index (χ4n) is 2.34. The Hall–Kier alpha value is 0.240. The van der Waals surface area contributed by atoms with Gasteiger partial charge in [-0.3, -0.25) is 0 Å². The van der Waals surface area contributed by atoms with Crippen molar-refractivity contribution in [3.8, 4) is 0 Å². The lowest BCUT2D eigenvalue weighted by Gasteiger charge is -2.21. The zero-order valence-corrected chi connectivity index (χ0v) is 11.5. The number of halogens is 1. The Morgan fingerprint density at radius 1 is 0.938 bits per heavy atom. The summed E-state index contributed by atoms with van der Waals surface area (Å²) < 4.78 is 24.0. The summed E-state index contributed by atoms with van der Waals surface area (Å²) in [4.78, 5) is 0. The van der Waals surface area contributed by atoms with Crippen molar-refractivity contribution in [3.63, 3.8) is 0 Å². The normalized spacial score (nSPS) is 18.8. The summed E-state index contributed by atoms with van der Waals surface area (Å²) >= 11 is 5.57. The maximum atomic E-state index is 12.0. The molecule has 0 aromatic carbocycles. The van der Waals surface area contributed by atoms with E-state index in [0.717, 1.165) is 51.4 Å². The van der Waals surface area contributed by atoms with Gasteiger partial charge in [-0.25, -0.2) is 8.42 Å². The molecule has 0 aromatic heterocycles. The molecule has 1 rings (SSSR count). The molecule has 0 heterocycles. The molecule has 0 saturated heterocycles. The number of unbranched alkanes of at least 4 members (excludes halogenated alkanes) is 3. The first kappa shape index (κ1) is 14.3. The third-order valence-electron chi connectivity index (χ3n) is 3.37. The summed E-state index contributed by atoms with van der Waals surface area (Å²) in [7, 11) is -2.80. The average Bonchev–Trinajstić information content (AvgIpc) is 2.30. The van der Waals surface area contributed by atoms with Crippen molar-refractivity contribution in [1.29, 1.82) is 0 Å². The van der Waals surface area contributed by atoms with E-state index in [2.05, 4.69) is 0 Å². The van der Waals surface area contributed by atoms with Gasteiger partial charge in [0.2, 0.25) is 0 Å². The molecule has 0 bridgehead atoms. The zero-order valence-electron chi connectivity index (χ0n) is 9.96. The van der Waals surface area contributed by atoms with Crippen molar-refractivity contribution in [2.45, 2.75) is 63.0 Å². The lowest BCUT2D eigenvalue weighted by molar-refractivity contribution is 0.482. The first-order chi connectivity index (χ1) is 7.67. The maximum Gasteiger partial charge on any atom is 0.153 e. The molecule has 0 aromatic rings. The molecule has 0 spiro atoms. The fourth-order valence-corrected chi connectivity index (χ4v) is 4.52. The summed E-state index contributed by atoms with van der Waals surface area (Å²) in [5.74, 6) is 1.08. The van der Waals surface area contributed by atoms with Crippen LogP contribution in [0, 0.1) is 0 Å². The number of rotatable bonds is 7. The molecular weight excluding hydrogens is 244 g/mol. The van der Waals surface area contributed by atoms with Crippen molar-refractivity contribution in [2.24, 2.45) is 0 Å². The van der Waals surface area contributed by atoms with Crippen LogP contribution in [-0.2, 0) is 9.84 Å². The van der Waals surface area contributed by atoms with E-state index in [0.29, 0.717) is 11.6 Å². The highest BCUT2D eigenvalue weighted by molar-refractivity contribution is 7.92. The molecule has 0 amide bonds. The van der Waals surface area contributed by atoms with Gasteiger partial charge in [0, 0.05) is 5.88 Å². The first-order valence-electron chi connectivity index (χ1n) is 6.44. The predicted octanol–water partition coefficient (Wildman–Crippen LogP) is 3.53. The largest absolute Gasteiger partial charge is 0.229 e. The molecule has 16 heavy (non-hydrogen) atoms. The van der Waals surface area contributed by atoms with E-state index in [4.69, 9.17) is 11.6 Å². The van der Waals surface area contributed by atoms with E-state index in [1.807, 2.05) is 0 Å². The van der Waals surface area contributed by atoms with Crippen LogP contribution in [0.3, 0.4) is 0 Å². The summed E-state index contributed by atoms with van der Waals surface area (Å²) in [5.41, 5.74) is 0.